The summed E-state index contributed by atoms with van der Waals surface area (Å²) in [6, 6.07) is 18.6. The van der Waals surface area contributed by atoms with Crippen molar-refractivity contribution in [1.82, 2.24) is 9.97 Å². The summed E-state index contributed by atoms with van der Waals surface area (Å²) in [6.45, 7) is 8.53. The van der Waals surface area contributed by atoms with E-state index in [1.165, 1.54) is 16.7 Å². The van der Waals surface area contributed by atoms with Crippen LogP contribution in [0.2, 0.25) is 0 Å². The SMILES string of the molecule is CCc1cccc(Oc2cc(C(C)C)nc(SCc3cccc(C)c3)n2)c1. The van der Waals surface area contributed by atoms with E-state index in [-0.39, 0.29) is 0 Å². The molecule has 0 spiro atoms. The normalized spacial score (nSPS) is 11.0. The van der Waals surface area contributed by atoms with Crippen molar-refractivity contribution in [3.8, 4) is 11.6 Å². The monoisotopic (exact) mass is 378 g/mol. The maximum absolute atomic E-state index is 6.06. The maximum Gasteiger partial charge on any atom is 0.223 e. The van der Waals surface area contributed by atoms with Crippen LogP contribution in [0.4, 0.5) is 0 Å². The number of ether oxygens (including phenoxy) is 1. The van der Waals surface area contributed by atoms with Crippen LogP contribution >= 0.6 is 11.8 Å². The Bertz CT molecular complexity index is 908. The molecule has 0 saturated heterocycles. The second-order valence-corrected chi connectivity index (χ2v) is 7.89. The van der Waals surface area contributed by atoms with Crippen LogP contribution in [-0.4, -0.2) is 9.97 Å². The molecule has 3 aromatic rings. The first kappa shape index (κ1) is 19.4. The highest BCUT2D eigenvalue weighted by Gasteiger charge is 2.11. The molecule has 27 heavy (non-hydrogen) atoms. The van der Waals surface area contributed by atoms with Gasteiger partial charge in [-0.25, -0.2) is 4.98 Å². The van der Waals surface area contributed by atoms with Crippen LogP contribution < -0.4 is 4.74 Å². The van der Waals surface area contributed by atoms with Gasteiger partial charge >= 0.3 is 0 Å². The van der Waals surface area contributed by atoms with E-state index >= 15 is 0 Å². The van der Waals surface area contributed by atoms with Crippen molar-refractivity contribution in [2.24, 2.45) is 0 Å². The van der Waals surface area contributed by atoms with Crippen LogP contribution in [0.5, 0.6) is 11.6 Å². The lowest BCUT2D eigenvalue weighted by Crippen LogP contribution is -2.00. The Kier molecular flexibility index (Phi) is 6.51. The lowest BCUT2D eigenvalue weighted by atomic mass is 10.1. The van der Waals surface area contributed by atoms with E-state index in [4.69, 9.17) is 9.72 Å². The van der Waals surface area contributed by atoms with Crippen LogP contribution in [0.15, 0.2) is 59.8 Å². The van der Waals surface area contributed by atoms with E-state index in [0.717, 1.165) is 28.8 Å². The molecule has 3 rings (SSSR count). The topological polar surface area (TPSA) is 35.0 Å². The molecule has 1 aromatic heterocycles. The number of nitrogens with zero attached hydrogens (tertiary/aromatic N) is 2. The van der Waals surface area contributed by atoms with Crippen molar-refractivity contribution in [3.63, 3.8) is 0 Å². The van der Waals surface area contributed by atoms with Crippen molar-refractivity contribution in [2.75, 3.05) is 0 Å². The predicted octanol–water partition coefficient (Wildman–Crippen LogP) is 6.56. The Morgan fingerprint density at radius 1 is 0.963 bits per heavy atom. The molecule has 0 aliphatic carbocycles. The number of benzene rings is 2. The van der Waals surface area contributed by atoms with E-state index in [2.05, 4.69) is 69.1 Å². The number of rotatable bonds is 7. The van der Waals surface area contributed by atoms with E-state index < -0.39 is 0 Å². The lowest BCUT2D eigenvalue weighted by molar-refractivity contribution is 0.452. The molecule has 0 radical (unpaired) electrons. The minimum absolute atomic E-state index is 0.315. The Labute approximate surface area is 166 Å². The predicted molar refractivity (Wildman–Crippen MR) is 113 cm³/mol. The standard InChI is InChI=1S/C23H26N2OS/c1-5-18-9-7-11-20(13-18)26-22-14-21(16(2)3)24-23(25-22)27-15-19-10-6-8-17(4)12-19/h6-14,16H,5,15H2,1-4H3. The lowest BCUT2D eigenvalue weighted by Gasteiger charge is -2.11. The van der Waals surface area contributed by atoms with Crippen LogP contribution in [0, 0.1) is 6.92 Å². The number of aromatic nitrogens is 2. The van der Waals surface area contributed by atoms with Gasteiger partial charge in [-0.05, 0) is 42.5 Å². The third kappa shape index (κ3) is 5.57. The summed E-state index contributed by atoms with van der Waals surface area (Å²) >= 11 is 1.64. The fraction of sp³-hybridized carbons (Fsp3) is 0.304. The van der Waals surface area contributed by atoms with E-state index in [1.807, 2.05) is 18.2 Å². The van der Waals surface area contributed by atoms with Gasteiger partial charge in [-0.1, -0.05) is 74.5 Å². The van der Waals surface area contributed by atoms with Gasteiger partial charge in [-0.2, -0.15) is 4.98 Å². The molecule has 0 N–H and O–H groups in total. The molecule has 0 fully saturated rings. The first-order chi connectivity index (χ1) is 13.0. The van der Waals surface area contributed by atoms with Crippen molar-refractivity contribution >= 4 is 11.8 Å². The summed E-state index contributed by atoms with van der Waals surface area (Å²) < 4.78 is 6.06. The van der Waals surface area contributed by atoms with E-state index in [1.54, 1.807) is 11.8 Å². The van der Waals surface area contributed by atoms with Gasteiger partial charge in [0, 0.05) is 11.8 Å². The van der Waals surface area contributed by atoms with Gasteiger partial charge in [0.05, 0.1) is 5.69 Å². The average Bonchev–Trinajstić information content (AvgIpc) is 2.66. The molecule has 0 amide bonds. The molecule has 3 nitrogen and oxygen atoms in total. The maximum atomic E-state index is 6.06. The van der Waals surface area contributed by atoms with Gasteiger partial charge in [0.2, 0.25) is 5.88 Å². The summed E-state index contributed by atoms with van der Waals surface area (Å²) in [5.74, 6) is 2.58. The molecule has 0 unspecified atom stereocenters. The van der Waals surface area contributed by atoms with Crippen LogP contribution in [0.3, 0.4) is 0 Å². The Balaban J connectivity index is 1.81. The van der Waals surface area contributed by atoms with Gasteiger partial charge in [0.25, 0.3) is 0 Å². The quantitative estimate of drug-likeness (QED) is 0.345. The third-order valence-corrected chi connectivity index (χ3v) is 5.19. The summed E-state index contributed by atoms with van der Waals surface area (Å²) in [6.07, 6.45) is 0.982. The second kappa shape index (κ2) is 9.05. The molecule has 140 valence electrons. The summed E-state index contributed by atoms with van der Waals surface area (Å²) in [4.78, 5) is 9.35. The van der Waals surface area contributed by atoms with E-state index in [9.17, 15) is 0 Å². The first-order valence-electron chi connectivity index (χ1n) is 9.37. The molecule has 0 aliphatic heterocycles. The highest BCUT2D eigenvalue weighted by Crippen LogP contribution is 2.28. The van der Waals surface area contributed by atoms with Crippen LogP contribution in [0.1, 0.15) is 49.1 Å². The largest absolute Gasteiger partial charge is 0.439 e. The zero-order valence-corrected chi connectivity index (χ0v) is 17.2. The molecular weight excluding hydrogens is 352 g/mol. The number of aryl methyl sites for hydroxylation is 2. The molecule has 0 saturated carbocycles. The fourth-order valence-corrected chi connectivity index (χ4v) is 3.53. The number of thioether (sulfide) groups is 1. The molecule has 2 aromatic carbocycles. The zero-order chi connectivity index (χ0) is 19.2. The van der Waals surface area contributed by atoms with Crippen molar-refractivity contribution in [2.45, 2.75) is 50.9 Å². The highest BCUT2D eigenvalue weighted by atomic mass is 32.2. The molecule has 4 heteroatoms. The molecule has 0 bridgehead atoms. The van der Waals surface area contributed by atoms with Gasteiger partial charge < -0.3 is 4.74 Å². The summed E-state index contributed by atoms with van der Waals surface area (Å²) in [7, 11) is 0. The summed E-state index contributed by atoms with van der Waals surface area (Å²) in [5, 5.41) is 0.754. The molecule has 0 atom stereocenters. The van der Waals surface area contributed by atoms with Crippen molar-refractivity contribution < 1.29 is 4.74 Å². The molecular formula is C23H26N2OS. The Morgan fingerprint density at radius 2 is 1.74 bits per heavy atom. The van der Waals surface area contributed by atoms with Gasteiger partial charge in [-0.3, -0.25) is 0 Å². The first-order valence-corrected chi connectivity index (χ1v) is 10.4. The van der Waals surface area contributed by atoms with Gasteiger partial charge in [0.1, 0.15) is 5.75 Å². The highest BCUT2D eigenvalue weighted by molar-refractivity contribution is 7.98. The van der Waals surface area contributed by atoms with Crippen LogP contribution in [-0.2, 0) is 12.2 Å². The van der Waals surface area contributed by atoms with E-state index in [0.29, 0.717) is 11.8 Å². The molecule has 1 heterocycles. The van der Waals surface area contributed by atoms with Gasteiger partial charge in [-0.15, -0.1) is 0 Å². The fourth-order valence-electron chi connectivity index (χ4n) is 2.73. The molecule has 0 aliphatic rings. The second-order valence-electron chi connectivity index (χ2n) is 6.95. The Morgan fingerprint density at radius 3 is 2.48 bits per heavy atom. The number of hydrogen-bond acceptors (Lipinski definition) is 4. The van der Waals surface area contributed by atoms with Crippen LogP contribution in [0.25, 0.3) is 0 Å². The van der Waals surface area contributed by atoms with Crippen molar-refractivity contribution in [1.29, 1.82) is 0 Å². The summed E-state index contributed by atoms with van der Waals surface area (Å²) in [5.41, 5.74) is 4.79. The number of hydrogen-bond donors (Lipinski definition) is 0. The minimum atomic E-state index is 0.315. The Hall–Kier alpha value is -2.33. The van der Waals surface area contributed by atoms with Gasteiger partial charge in [0.15, 0.2) is 5.16 Å². The zero-order valence-electron chi connectivity index (χ0n) is 16.4. The average molecular weight is 379 g/mol. The minimum Gasteiger partial charge on any atom is -0.439 e. The van der Waals surface area contributed by atoms with Crippen molar-refractivity contribution in [3.05, 3.63) is 77.0 Å². The third-order valence-electron chi connectivity index (χ3n) is 4.27. The smallest absolute Gasteiger partial charge is 0.223 e.